The van der Waals surface area contributed by atoms with Crippen LogP contribution in [-0.2, 0) is 9.53 Å². The molecule has 23 heavy (non-hydrogen) atoms. The van der Waals surface area contributed by atoms with Gasteiger partial charge in [0.25, 0.3) is 0 Å². The molecule has 0 N–H and O–H groups in total. The molecule has 0 spiro atoms. The van der Waals surface area contributed by atoms with Crippen LogP contribution in [0.4, 0.5) is 4.79 Å². The number of unbranched alkanes of at least 4 members (excludes halogenated alkanes) is 1. The molecule has 0 aliphatic rings. The highest BCUT2D eigenvalue weighted by atomic mass is 32.2. The molecule has 0 saturated carbocycles. The summed E-state index contributed by atoms with van der Waals surface area (Å²) in [5.74, 6) is 1.49. The minimum absolute atomic E-state index is 0.194. The lowest BCUT2D eigenvalue weighted by molar-refractivity contribution is -0.140. The smallest absolute Gasteiger partial charge is 0.346 e. The molecule has 8 heteroatoms. The van der Waals surface area contributed by atoms with Gasteiger partial charge in [-0.1, -0.05) is 25.6 Å². The maximum Gasteiger partial charge on any atom is 0.346 e. The number of carbonyl (C=O) groups excluding carboxylic acids is 2. The fourth-order valence-corrected chi connectivity index (χ4v) is 2.68. The minimum atomic E-state index is -0.205. The van der Waals surface area contributed by atoms with E-state index in [2.05, 4.69) is 21.7 Å². The van der Waals surface area contributed by atoms with Crippen LogP contribution in [0.2, 0.25) is 0 Å². The Balaban J connectivity index is 2.69. The van der Waals surface area contributed by atoms with Gasteiger partial charge in [0.1, 0.15) is 0 Å². The van der Waals surface area contributed by atoms with Crippen LogP contribution in [0.1, 0.15) is 51.3 Å². The molecule has 0 aliphatic heterocycles. The van der Waals surface area contributed by atoms with Crippen molar-refractivity contribution in [3.8, 4) is 0 Å². The van der Waals surface area contributed by atoms with Crippen molar-refractivity contribution in [2.45, 2.75) is 50.6 Å². The molecule has 0 saturated heterocycles. The van der Waals surface area contributed by atoms with Crippen molar-refractivity contribution in [2.24, 2.45) is 0 Å². The summed E-state index contributed by atoms with van der Waals surface area (Å²) in [6.07, 6.45) is 2.94. The molecule has 0 aliphatic carbocycles. The van der Waals surface area contributed by atoms with Gasteiger partial charge in [0, 0.05) is 32.2 Å². The quantitative estimate of drug-likeness (QED) is 0.411. The number of hydrogen-bond acceptors (Lipinski definition) is 6. The summed E-state index contributed by atoms with van der Waals surface area (Å²) in [6.45, 7) is 4.11. The number of hydrogen-bond donors (Lipinski definition) is 0. The number of aromatic nitrogens is 3. The summed E-state index contributed by atoms with van der Waals surface area (Å²) in [4.78, 5) is 29.3. The van der Waals surface area contributed by atoms with Crippen molar-refractivity contribution in [1.82, 2.24) is 19.7 Å². The van der Waals surface area contributed by atoms with Crippen LogP contribution in [0.3, 0.4) is 0 Å². The van der Waals surface area contributed by atoms with E-state index in [1.54, 1.807) is 14.1 Å². The number of amides is 1. The van der Waals surface area contributed by atoms with Gasteiger partial charge in [-0.15, -0.1) is 5.10 Å². The zero-order valence-electron chi connectivity index (χ0n) is 14.5. The van der Waals surface area contributed by atoms with Crippen molar-refractivity contribution in [3.63, 3.8) is 0 Å². The first-order valence-corrected chi connectivity index (χ1v) is 8.77. The molecule has 0 fully saturated rings. The molecule has 7 nitrogen and oxygen atoms in total. The van der Waals surface area contributed by atoms with Gasteiger partial charge in [0.05, 0.1) is 7.11 Å². The number of ether oxygens (including phenoxy) is 1. The normalized spacial score (nSPS) is 12.0. The number of rotatable bonds is 8. The van der Waals surface area contributed by atoms with E-state index in [0.717, 1.165) is 25.0 Å². The third-order valence-corrected chi connectivity index (χ3v) is 4.46. The maximum absolute atomic E-state index is 12.2. The van der Waals surface area contributed by atoms with Crippen LogP contribution in [0.5, 0.6) is 0 Å². The van der Waals surface area contributed by atoms with Crippen LogP contribution < -0.4 is 0 Å². The Morgan fingerprint density at radius 1 is 1.35 bits per heavy atom. The van der Waals surface area contributed by atoms with Gasteiger partial charge in [-0.25, -0.2) is 9.78 Å². The first-order valence-electron chi connectivity index (χ1n) is 7.78. The molecular formula is C15H26N4O3S. The van der Waals surface area contributed by atoms with Crippen LogP contribution in [0.25, 0.3) is 0 Å². The Bertz CT molecular complexity index is 531. The van der Waals surface area contributed by atoms with Crippen molar-refractivity contribution in [2.75, 3.05) is 27.0 Å². The second-order valence-corrected chi connectivity index (χ2v) is 6.59. The van der Waals surface area contributed by atoms with E-state index >= 15 is 0 Å². The van der Waals surface area contributed by atoms with Crippen molar-refractivity contribution < 1.29 is 14.3 Å². The Hall–Kier alpha value is -1.57. The van der Waals surface area contributed by atoms with E-state index in [1.165, 1.54) is 28.5 Å². The molecule has 0 bridgehead atoms. The molecular weight excluding hydrogens is 316 g/mol. The second kappa shape index (κ2) is 9.54. The summed E-state index contributed by atoms with van der Waals surface area (Å²) >= 11 is 1.49. The predicted octanol–water partition coefficient (Wildman–Crippen LogP) is 2.76. The molecule has 0 radical (unpaired) electrons. The Morgan fingerprint density at radius 3 is 2.61 bits per heavy atom. The van der Waals surface area contributed by atoms with Crippen LogP contribution in [0, 0.1) is 0 Å². The molecule has 1 aromatic heterocycles. The standard InChI is InChI=1S/C15H26N4O3S/c1-6-11(2)13-16-14(19(17-13)15(21)18(3)4)23-10-8-7-9-12(20)22-5/h11H,6-10H2,1-5H3. The van der Waals surface area contributed by atoms with E-state index in [4.69, 9.17) is 0 Å². The lowest BCUT2D eigenvalue weighted by Gasteiger charge is -2.10. The Morgan fingerprint density at radius 2 is 2.04 bits per heavy atom. The molecule has 1 unspecified atom stereocenters. The van der Waals surface area contributed by atoms with Crippen LogP contribution in [0.15, 0.2) is 5.16 Å². The van der Waals surface area contributed by atoms with Crippen LogP contribution in [-0.4, -0.2) is 58.6 Å². The second-order valence-electron chi connectivity index (χ2n) is 5.53. The molecule has 1 rings (SSSR count). The topological polar surface area (TPSA) is 77.3 Å². The highest BCUT2D eigenvalue weighted by molar-refractivity contribution is 7.99. The molecule has 1 amide bonds. The molecule has 0 aromatic carbocycles. The van der Waals surface area contributed by atoms with E-state index in [1.807, 2.05) is 6.92 Å². The Kier molecular flexibility index (Phi) is 8.08. The summed E-state index contributed by atoms with van der Waals surface area (Å²) < 4.78 is 5.98. The van der Waals surface area contributed by atoms with E-state index in [9.17, 15) is 9.59 Å². The lowest BCUT2D eigenvalue weighted by Crippen LogP contribution is -2.28. The van der Waals surface area contributed by atoms with Crippen molar-refractivity contribution in [3.05, 3.63) is 5.82 Å². The van der Waals surface area contributed by atoms with Gasteiger partial charge in [-0.2, -0.15) is 4.68 Å². The fraction of sp³-hybridized carbons (Fsp3) is 0.733. The van der Waals surface area contributed by atoms with E-state index in [0.29, 0.717) is 17.4 Å². The van der Waals surface area contributed by atoms with Gasteiger partial charge in [0.2, 0.25) is 0 Å². The zero-order valence-corrected chi connectivity index (χ0v) is 15.4. The van der Waals surface area contributed by atoms with Crippen molar-refractivity contribution >= 4 is 23.8 Å². The van der Waals surface area contributed by atoms with Gasteiger partial charge in [0.15, 0.2) is 11.0 Å². The minimum Gasteiger partial charge on any atom is -0.469 e. The highest BCUT2D eigenvalue weighted by Gasteiger charge is 2.20. The third-order valence-electron chi connectivity index (χ3n) is 3.44. The van der Waals surface area contributed by atoms with Crippen molar-refractivity contribution in [1.29, 1.82) is 0 Å². The summed E-state index contributed by atoms with van der Waals surface area (Å²) in [5, 5.41) is 4.97. The van der Waals surface area contributed by atoms with E-state index < -0.39 is 0 Å². The molecule has 1 heterocycles. The molecule has 130 valence electrons. The highest BCUT2D eigenvalue weighted by Crippen LogP contribution is 2.22. The van der Waals surface area contributed by atoms with Gasteiger partial charge in [-0.05, 0) is 19.3 Å². The maximum atomic E-state index is 12.2. The third kappa shape index (κ3) is 5.85. The number of methoxy groups -OCH3 is 1. The lowest BCUT2D eigenvalue weighted by atomic mass is 10.1. The first-order chi connectivity index (χ1) is 10.9. The average molecular weight is 342 g/mol. The monoisotopic (exact) mass is 342 g/mol. The van der Waals surface area contributed by atoms with E-state index in [-0.39, 0.29) is 17.9 Å². The predicted molar refractivity (Wildman–Crippen MR) is 89.8 cm³/mol. The zero-order chi connectivity index (χ0) is 17.4. The number of esters is 1. The Labute approximate surface area is 141 Å². The van der Waals surface area contributed by atoms with Gasteiger partial charge in [-0.3, -0.25) is 4.79 Å². The first kappa shape index (κ1) is 19.5. The number of nitrogens with zero attached hydrogens (tertiary/aromatic N) is 4. The van der Waals surface area contributed by atoms with Gasteiger partial charge < -0.3 is 9.64 Å². The SMILES string of the molecule is CCC(C)c1nc(SCCCCC(=O)OC)n(C(=O)N(C)C)n1. The molecule has 1 atom stereocenters. The number of thioether (sulfide) groups is 1. The van der Waals surface area contributed by atoms with Crippen LogP contribution >= 0.6 is 11.8 Å². The average Bonchev–Trinajstić information content (AvgIpc) is 2.96. The molecule has 1 aromatic rings. The summed E-state index contributed by atoms with van der Waals surface area (Å²) in [7, 11) is 4.78. The largest absolute Gasteiger partial charge is 0.469 e. The van der Waals surface area contributed by atoms with Gasteiger partial charge >= 0.3 is 12.0 Å². The summed E-state index contributed by atoms with van der Waals surface area (Å²) in [5.41, 5.74) is 0. The summed E-state index contributed by atoms with van der Waals surface area (Å²) in [6, 6.07) is -0.205. The number of carbonyl (C=O) groups is 2. The fourth-order valence-electron chi connectivity index (χ4n) is 1.75.